The minimum atomic E-state index is -0.200. The smallest absolute Gasteiger partial charge is 0.253 e. The molecule has 2 aliphatic rings. The lowest BCUT2D eigenvalue weighted by Gasteiger charge is -2.31. The van der Waals surface area contributed by atoms with Gasteiger partial charge in [0, 0.05) is 35.6 Å². The van der Waals surface area contributed by atoms with Crippen LogP contribution in [0.15, 0.2) is 48.5 Å². The molecule has 33 heavy (non-hydrogen) atoms. The lowest BCUT2D eigenvalue weighted by molar-refractivity contribution is -0.121. The number of benzene rings is 2. The molecule has 0 radical (unpaired) electrons. The summed E-state index contributed by atoms with van der Waals surface area (Å²) in [7, 11) is 0. The first-order valence-corrected chi connectivity index (χ1v) is 12.1. The number of amides is 3. The Morgan fingerprint density at radius 2 is 1.52 bits per heavy atom. The SMILES string of the molecule is O=C(NC1CCCCC1)c1ccccc1NC(=O)C1CCN(C(=O)c2ccc(Cl)cc2)CC1. The van der Waals surface area contributed by atoms with Crippen LogP contribution in [0.3, 0.4) is 0 Å². The van der Waals surface area contributed by atoms with E-state index in [4.69, 9.17) is 11.6 Å². The summed E-state index contributed by atoms with van der Waals surface area (Å²) in [4.78, 5) is 40.3. The standard InChI is InChI=1S/C26H30ClN3O3/c27-20-12-10-19(11-13-20)26(33)30-16-14-18(15-17-30)24(31)29-23-9-5-4-8-22(23)25(32)28-21-6-2-1-3-7-21/h4-5,8-13,18,21H,1-3,6-7,14-17H2,(H,28,32)(H,29,31). The van der Waals surface area contributed by atoms with E-state index in [2.05, 4.69) is 10.6 Å². The number of rotatable bonds is 5. The Morgan fingerprint density at radius 1 is 0.848 bits per heavy atom. The summed E-state index contributed by atoms with van der Waals surface area (Å²) in [6, 6.07) is 14.2. The lowest BCUT2D eigenvalue weighted by atomic mass is 9.94. The van der Waals surface area contributed by atoms with Gasteiger partial charge in [-0.15, -0.1) is 0 Å². The molecule has 2 N–H and O–H groups in total. The van der Waals surface area contributed by atoms with Crippen molar-refractivity contribution in [1.82, 2.24) is 10.2 Å². The van der Waals surface area contributed by atoms with Crippen molar-refractivity contribution in [2.45, 2.75) is 51.0 Å². The molecule has 0 spiro atoms. The van der Waals surface area contributed by atoms with Crippen molar-refractivity contribution < 1.29 is 14.4 Å². The van der Waals surface area contributed by atoms with Gasteiger partial charge in [-0.25, -0.2) is 0 Å². The van der Waals surface area contributed by atoms with Crippen molar-refractivity contribution in [3.8, 4) is 0 Å². The summed E-state index contributed by atoms with van der Waals surface area (Å²) in [5, 5.41) is 6.68. The van der Waals surface area contributed by atoms with E-state index in [9.17, 15) is 14.4 Å². The molecular weight excluding hydrogens is 438 g/mol. The number of nitrogens with one attached hydrogen (secondary N) is 2. The Kier molecular flexibility index (Phi) is 7.65. The quantitative estimate of drug-likeness (QED) is 0.656. The second-order valence-corrected chi connectivity index (χ2v) is 9.35. The maximum Gasteiger partial charge on any atom is 0.253 e. The van der Waals surface area contributed by atoms with Crippen LogP contribution in [0.1, 0.15) is 65.7 Å². The predicted molar refractivity (Wildman–Crippen MR) is 129 cm³/mol. The van der Waals surface area contributed by atoms with E-state index >= 15 is 0 Å². The average Bonchev–Trinajstić information content (AvgIpc) is 2.85. The van der Waals surface area contributed by atoms with Gasteiger partial charge in [0.05, 0.1) is 11.3 Å². The second-order valence-electron chi connectivity index (χ2n) is 8.92. The molecule has 174 valence electrons. The highest BCUT2D eigenvalue weighted by Gasteiger charge is 2.28. The normalized spacial score (nSPS) is 17.4. The minimum absolute atomic E-state index is 0.0461. The fraction of sp³-hybridized carbons (Fsp3) is 0.423. The van der Waals surface area contributed by atoms with Gasteiger partial charge in [0.1, 0.15) is 0 Å². The van der Waals surface area contributed by atoms with Crippen LogP contribution in [0.2, 0.25) is 5.02 Å². The zero-order chi connectivity index (χ0) is 23.2. The van der Waals surface area contributed by atoms with E-state index in [1.165, 1.54) is 6.42 Å². The highest BCUT2D eigenvalue weighted by atomic mass is 35.5. The lowest BCUT2D eigenvalue weighted by Crippen LogP contribution is -2.41. The molecule has 2 aromatic carbocycles. The molecule has 0 bridgehead atoms. The number of hydrogen-bond acceptors (Lipinski definition) is 3. The number of para-hydroxylation sites is 1. The maximum atomic E-state index is 13.0. The van der Waals surface area contributed by atoms with Gasteiger partial charge in [-0.3, -0.25) is 14.4 Å². The van der Waals surface area contributed by atoms with Crippen molar-refractivity contribution in [1.29, 1.82) is 0 Å². The fourth-order valence-electron chi connectivity index (χ4n) is 4.65. The monoisotopic (exact) mass is 467 g/mol. The van der Waals surface area contributed by atoms with E-state index in [0.29, 0.717) is 47.8 Å². The van der Waals surface area contributed by atoms with Gasteiger partial charge in [-0.1, -0.05) is 43.0 Å². The first kappa shape index (κ1) is 23.3. The third-order valence-corrected chi connectivity index (χ3v) is 6.87. The number of anilines is 1. The zero-order valence-corrected chi connectivity index (χ0v) is 19.4. The minimum Gasteiger partial charge on any atom is -0.349 e. The van der Waals surface area contributed by atoms with E-state index < -0.39 is 0 Å². The zero-order valence-electron chi connectivity index (χ0n) is 18.7. The summed E-state index contributed by atoms with van der Waals surface area (Å²) in [5.41, 5.74) is 1.63. The average molecular weight is 468 g/mol. The summed E-state index contributed by atoms with van der Waals surface area (Å²) < 4.78 is 0. The van der Waals surface area contributed by atoms with Crippen LogP contribution >= 0.6 is 11.6 Å². The van der Waals surface area contributed by atoms with Gasteiger partial charge in [-0.2, -0.15) is 0 Å². The second kappa shape index (κ2) is 10.8. The van der Waals surface area contributed by atoms with Crippen LogP contribution < -0.4 is 10.6 Å². The Balaban J connectivity index is 1.33. The Morgan fingerprint density at radius 3 is 2.21 bits per heavy atom. The molecule has 0 atom stereocenters. The van der Waals surface area contributed by atoms with E-state index in [1.807, 2.05) is 12.1 Å². The highest BCUT2D eigenvalue weighted by Crippen LogP contribution is 2.24. The molecule has 1 saturated heterocycles. The van der Waals surface area contributed by atoms with Gasteiger partial charge in [0.15, 0.2) is 0 Å². The van der Waals surface area contributed by atoms with Crippen molar-refractivity contribution >= 4 is 35.0 Å². The molecule has 1 aliphatic heterocycles. The van der Waals surface area contributed by atoms with E-state index in [-0.39, 0.29) is 29.7 Å². The highest BCUT2D eigenvalue weighted by molar-refractivity contribution is 6.30. The van der Waals surface area contributed by atoms with Crippen molar-refractivity contribution in [3.63, 3.8) is 0 Å². The third kappa shape index (κ3) is 5.93. The van der Waals surface area contributed by atoms with Crippen molar-refractivity contribution in [2.75, 3.05) is 18.4 Å². The molecule has 0 aromatic heterocycles. The molecule has 7 heteroatoms. The van der Waals surface area contributed by atoms with E-state index in [1.54, 1.807) is 41.3 Å². The summed E-state index contributed by atoms with van der Waals surface area (Å²) in [6.07, 6.45) is 6.69. The number of carbonyl (C=O) groups is 3. The number of hydrogen-bond donors (Lipinski definition) is 2. The van der Waals surface area contributed by atoms with Gasteiger partial charge in [-0.05, 0) is 62.1 Å². The largest absolute Gasteiger partial charge is 0.349 e. The van der Waals surface area contributed by atoms with Gasteiger partial charge >= 0.3 is 0 Å². The number of piperidine rings is 1. The Hall–Kier alpha value is -2.86. The van der Waals surface area contributed by atoms with Gasteiger partial charge < -0.3 is 15.5 Å². The van der Waals surface area contributed by atoms with Crippen LogP contribution in [0.25, 0.3) is 0 Å². The summed E-state index contributed by atoms with van der Waals surface area (Å²) in [5.74, 6) is -0.489. The number of nitrogens with zero attached hydrogens (tertiary/aromatic N) is 1. The molecule has 1 saturated carbocycles. The Bertz CT molecular complexity index is 994. The van der Waals surface area contributed by atoms with Gasteiger partial charge in [0.25, 0.3) is 11.8 Å². The molecule has 2 fully saturated rings. The topological polar surface area (TPSA) is 78.5 Å². The molecule has 4 rings (SSSR count). The first-order valence-electron chi connectivity index (χ1n) is 11.8. The molecule has 6 nitrogen and oxygen atoms in total. The van der Waals surface area contributed by atoms with Crippen LogP contribution in [0, 0.1) is 5.92 Å². The number of carbonyl (C=O) groups excluding carboxylic acids is 3. The van der Waals surface area contributed by atoms with Crippen molar-refractivity contribution in [2.24, 2.45) is 5.92 Å². The summed E-state index contributed by atoms with van der Waals surface area (Å²) >= 11 is 5.91. The summed E-state index contributed by atoms with van der Waals surface area (Å²) in [6.45, 7) is 1.03. The molecule has 2 aromatic rings. The molecule has 0 unspecified atom stereocenters. The molecular formula is C26H30ClN3O3. The predicted octanol–water partition coefficient (Wildman–Crippen LogP) is 4.89. The fourth-order valence-corrected chi connectivity index (χ4v) is 4.78. The number of likely N-dealkylation sites (tertiary alicyclic amines) is 1. The third-order valence-electron chi connectivity index (χ3n) is 6.61. The Labute approximate surface area is 199 Å². The first-order chi connectivity index (χ1) is 16.0. The van der Waals surface area contributed by atoms with Crippen LogP contribution in [0.5, 0.6) is 0 Å². The molecule has 1 heterocycles. The van der Waals surface area contributed by atoms with Crippen LogP contribution in [-0.2, 0) is 4.79 Å². The molecule has 3 amide bonds. The maximum absolute atomic E-state index is 13.0. The number of halogens is 1. The van der Waals surface area contributed by atoms with Gasteiger partial charge in [0.2, 0.25) is 5.91 Å². The van der Waals surface area contributed by atoms with Crippen molar-refractivity contribution in [3.05, 3.63) is 64.7 Å². The van der Waals surface area contributed by atoms with Crippen LogP contribution in [0.4, 0.5) is 5.69 Å². The molecule has 1 aliphatic carbocycles. The van der Waals surface area contributed by atoms with Crippen LogP contribution in [-0.4, -0.2) is 41.8 Å². The van der Waals surface area contributed by atoms with E-state index in [0.717, 1.165) is 25.7 Å².